The van der Waals surface area contributed by atoms with E-state index in [9.17, 15) is 5.11 Å². The van der Waals surface area contributed by atoms with Gasteiger partial charge < -0.3 is 14.6 Å². The van der Waals surface area contributed by atoms with Crippen LogP contribution in [0.2, 0.25) is 0 Å². The van der Waals surface area contributed by atoms with E-state index in [0.717, 1.165) is 21.3 Å². The van der Waals surface area contributed by atoms with Gasteiger partial charge in [0.2, 0.25) is 0 Å². The van der Waals surface area contributed by atoms with Gasteiger partial charge in [-0.2, -0.15) is 0 Å². The molecule has 1 aromatic carbocycles. The second kappa shape index (κ2) is 6.01. The molecule has 2 heterocycles. The Kier molecular flexibility index (Phi) is 4.30. The smallest absolute Gasteiger partial charge is 0.175 e. The number of rotatable bonds is 2. The maximum Gasteiger partial charge on any atom is 0.175 e. The van der Waals surface area contributed by atoms with Crippen LogP contribution in [0, 0.1) is 0 Å². The predicted octanol–water partition coefficient (Wildman–Crippen LogP) is 3.91. The van der Waals surface area contributed by atoms with Crippen molar-refractivity contribution in [2.24, 2.45) is 0 Å². The molecule has 106 valence electrons. The first kappa shape index (κ1) is 14.3. The van der Waals surface area contributed by atoms with Gasteiger partial charge in [0.25, 0.3) is 0 Å². The molecule has 1 N–H and O–H groups in total. The maximum absolute atomic E-state index is 10.5. The van der Waals surface area contributed by atoms with Crippen LogP contribution in [0.15, 0.2) is 26.7 Å². The number of hydrogen-bond acceptors (Lipinski definition) is 5. The summed E-state index contributed by atoms with van der Waals surface area (Å²) < 4.78 is 12.8. The zero-order valence-electron chi connectivity index (χ0n) is 10.3. The summed E-state index contributed by atoms with van der Waals surface area (Å²) in [4.78, 5) is 4.87. The second-order valence-electron chi connectivity index (χ2n) is 4.29. The van der Waals surface area contributed by atoms with Crippen molar-refractivity contribution in [2.75, 3.05) is 13.2 Å². The molecule has 20 heavy (non-hydrogen) atoms. The molecule has 1 atom stereocenters. The quantitative estimate of drug-likeness (QED) is 0.800. The van der Waals surface area contributed by atoms with Crippen LogP contribution in [0.5, 0.6) is 11.5 Å². The fourth-order valence-corrected chi connectivity index (χ4v) is 3.97. The number of thiazole rings is 1. The van der Waals surface area contributed by atoms with Gasteiger partial charge in [-0.3, -0.25) is 0 Å². The molecule has 0 amide bonds. The average Bonchev–Trinajstić information content (AvgIpc) is 2.72. The molecule has 1 aliphatic heterocycles. The van der Waals surface area contributed by atoms with E-state index in [1.54, 1.807) is 5.51 Å². The predicted molar refractivity (Wildman–Crippen MR) is 83.6 cm³/mol. The molecule has 0 fully saturated rings. The Balaban J connectivity index is 2.01. The molecule has 1 aromatic heterocycles. The van der Waals surface area contributed by atoms with Crippen molar-refractivity contribution in [3.8, 4) is 11.5 Å². The normalized spacial score (nSPS) is 15.8. The zero-order valence-corrected chi connectivity index (χ0v) is 14.3. The van der Waals surface area contributed by atoms with Gasteiger partial charge in [0, 0.05) is 6.42 Å². The highest BCUT2D eigenvalue weighted by atomic mass is 79.9. The number of aliphatic hydroxyl groups excluding tert-OH is 1. The number of fused-ring (bicyclic) bond motifs is 1. The first-order valence-electron chi connectivity index (χ1n) is 6.03. The van der Waals surface area contributed by atoms with Crippen LogP contribution < -0.4 is 9.47 Å². The fraction of sp³-hybridized carbons (Fsp3) is 0.308. The van der Waals surface area contributed by atoms with Crippen molar-refractivity contribution in [3.63, 3.8) is 0 Å². The second-order valence-corrected chi connectivity index (χ2v) is 6.78. The molecule has 1 unspecified atom stereocenters. The van der Waals surface area contributed by atoms with E-state index in [0.29, 0.717) is 29.3 Å². The highest BCUT2D eigenvalue weighted by Crippen LogP contribution is 2.41. The van der Waals surface area contributed by atoms with Crippen LogP contribution >= 0.6 is 43.2 Å². The number of hydrogen-bond donors (Lipinski definition) is 1. The molecule has 0 radical (unpaired) electrons. The Morgan fingerprint density at radius 3 is 2.80 bits per heavy atom. The van der Waals surface area contributed by atoms with E-state index in [1.807, 2.05) is 12.1 Å². The van der Waals surface area contributed by atoms with Crippen molar-refractivity contribution in [1.82, 2.24) is 4.98 Å². The summed E-state index contributed by atoms with van der Waals surface area (Å²) >= 11 is 8.22. The van der Waals surface area contributed by atoms with Gasteiger partial charge in [0.05, 0.1) is 28.1 Å². The summed E-state index contributed by atoms with van der Waals surface area (Å²) in [5.74, 6) is 1.35. The van der Waals surface area contributed by atoms with Crippen LogP contribution in [0.3, 0.4) is 0 Å². The average molecular weight is 421 g/mol. The molecular weight excluding hydrogens is 410 g/mol. The molecule has 4 nitrogen and oxygen atoms in total. The van der Waals surface area contributed by atoms with E-state index >= 15 is 0 Å². The molecule has 0 saturated heterocycles. The summed E-state index contributed by atoms with van der Waals surface area (Å²) in [6.45, 7) is 1.25. The largest absolute Gasteiger partial charge is 0.490 e. The van der Waals surface area contributed by atoms with Crippen molar-refractivity contribution in [3.05, 3.63) is 37.2 Å². The van der Waals surface area contributed by atoms with Crippen molar-refractivity contribution in [2.45, 2.75) is 12.5 Å². The van der Waals surface area contributed by atoms with Gasteiger partial charge in [-0.05, 0) is 49.6 Å². The van der Waals surface area contributed by atoms with E-state index in [4.69, 9.17) is 9.47 Å². The molecule has 1 aliphatic rings. The van der Waals surface area contributed by atoms with Gasteiger partial charge in [0.15, 0.2) is 11.5 Å². The third-order valence-electron chi connectivity index (χ3n) is 2.94. The van der Waals surface area contributed by atoms with Crippen LogP contribution in [0.4, 0.5) is 0 Å². The zero-order chi connectivity index (χ0) is 14.1. The minimum atomic E-state index is -0.745. The van der Waals surface area contributed by atoms with Gasteiger partial charge in [-0.1, -0.05) is 0 Å². The lowest BCUT2D eigenvalue weighted by Gasteiger charge is -2.15. The minimum Gasteiger partial charge on any atom is -0.490 e. The Hall–Kier alpha value is -0.630. The lowest BCUT2D eigenvalue weighted by Crippen LogP contribution is -2.01. The van der Waals surface area contributed by atoms with Gasteiger partial charge in [0.1, 0.15) is 10.7 Å². The summed E-state index contributed by atoms with van der Waals surface area (Å²) in [7, 11) is 0. The summed E-state index contributed by atoms with van der Waals surface area (Å²) in [5.41, 5.74) is 2.44. The molecule has 3 rings (SSSR count). The monoisotopic (exact) mass is 419 g/mol. The summed E-state index contributed by atoms with van der Waals surface area (Å²) in [6.07, 6.45) is 0.102. The van der Waals surface area contributed by atoms with Crippen LogP contribution in [0.1, 0.15) is 23.0 Å². The van der Waals surface area contributed by atoms with E-state index in [1.165, 1.54) is 11.3 Å². The number of aliphatic hydroxyl groups is 1. The number of aromatic nitrogens is 1. The van der Waals surface area contributed by atoms with Gasteiger partial charge >= 0.3 is 0 Å². The Morgan fingerprint density at radius 1 is 1.25 bits per heavy atom. The molecular formula is C13H11Br2NO3S. The molecule has 0 saturated carbocycles. The fourth-order valence-electron chi connectivity index (χ4n) is 1.98. The SMILES string of the molecule is OC(c1cc(Br)c2c(c1)OCCCO2)c1scnc1Br. The molecule has 7 heteroatoms. The van der Waals surface area contributed by atoms with Crippen molar-refractivity contribution < 1.29 is 14.6 Å². The molecule has 0 bridgehead atoms. The number of benzene rings is 1. The highest BCUT2D eigenvalue weighted by Gasteiger charge is 2.21. The minimum absolute atomic E-state index is 0.614. The third kappa shape index (κ3) is 2.72. The van der Waals surface area contributed by atoms with Crippen LogP contribution in [-0.4, -0.2) is 23.3 Å². The molecule has 2 aromatic rings. The number of ether oxygens (including phenoxy) is 2. The molecule has 0 aliphatic carbocycles. The van der Waals surface area contributed by atoms with Crippen LogP contribution in [-0.2, 0) is 0 Å². The standard InChI is InChI=1S/C13H11Br2NO3S/c14-8-4-7(10(17)12-13(15)16-6-20-12)5-9-11(8)19-3-1-2-18-9/h4-6,10,17H,1-3H2. The lowest BCUT2D eigenvalue weighted by atomic mass is 10.1. The first-order valence-corrected chi connectivity index (χ1v) is 8.49. The highest BCUT2D eigenvalue weighted by molar-refractivity contribution is 9.10. The topological polar surface area (TPSA) is 51.6 Å². The Morgan fingerprint density at radius 2 is 2.05 bits per heavy atom. The van der Waals surface area contributed by atoms with E-state index in [-0.39, 0.29) is 0 Å². The summed E-state index contributed by atoms with van der Waals surface area (Å²) in [6, 6.07) is 3.67. The van der Waals surface area contributed by atoms with Crippen molar-refractivity contribution >= 4 is 43.2 Å². The molecule has 0 spiro atoms. The van der Waals surface area contributed by atoms with E-state index < -0.39 is 6.10 Å². The maximum atomic E-state index is 10.5. The third-order valence-corrected chi connectivity index (χ3v) is 5.30. The van der Waals surface area contributed by atoms with E-state index in [2.05, 4.69) is 36.8 Å². The lowest BCUT2D eigenvalue weighted by molar-refractivity contribution is 0.222. The number of nitrogens with zero attached hydrogens (tertiary/aromatic N) is 1. The van der Waals surface area contributed by atoms with Crippen molar-refractivity contribution in [1.29, 1.82) is 0 Å². The summed E-state index contributed by atoms with van der Waals surface area (Å²) in [5, 5.41) is 10.5. The van der Waals surface area contributed by atoms with Gasteiger partial charge in [-0.25, -0.2) is 4.98 Å². The van der Waals surface area contributed by atoms with Gasteiger partial charge in [-0.15, -0.1) is 11.3 Å². The van der Waals surface area contributed by atoms with Crippen LogP contribution in [0.25, 0.3) is 0 Å². The number of halogens is 2. The Bertz CT molecular complexity index is 632. The Labute approximate surface area is 137 Å². The first-order chi connectivity index (χ1) is 9.66.